The summed E-state index contributed by atoms with van der Waals surface area (Å²) in [5, 5.41) is 7.22. The normalized spacial score (nSPS) is 23.2. The van der Waals surface area contributed by atoms with Crippen molar-refractivity contribution in [3.8, 4) is 0 Å². The van der Waals surface area contributed by atoms with Crippen molar-refractivity contribution in [2.45, 2.75) is 51.6 Å². The van der Waals surface area contributed by atoms with Crippen molar-refractivity contribution < 1.29 is 9.53 Å². The van der Waals surface area contributed by atoms with Gasteiger partial charge in [0.05, 0.1) is 19.3 Å². The van der Waals surface area contributed by atoms with Crippen molar-refractivity contribution in [1.29, 1.82) is 0 Å². The Bertz CT molecular complexity index is 736. The third-order valence-corrected chi connectivity index (χ3v) is 7.45. The summed E-state index contributed by atoms with van der Waals surface area (Å²) < 4.78 is 5.58. The van der Waals surface area contributed by atoms with Crippen molar-refractivity contribution in [3.05, 3.63) is 21.9 Å². The van der Waals surface area contributed by atoms with Gasteiger partial charge in [0.15, 0.2) is 5.96 Å². The smallest absolute Gasteiger partial charge is 0.243 e. The zero-order valence-electron chi connectivity index (χ0n) is 19.9. The second kappa shape index (κ2) is 13.7. The molecule has 3 atom stereocenters. The fraction of sp³-hybridized carbons (Fsp3) is 0.739. The van der Waals surface area contributed by atoms with Gasteiger partial charge < -0.3 is 20.3 Å². The van der Waals surface area contributed by atoms with Crippen LogP contribution in [0.2, 0.25) is 0 Å². The van der Waals surface area contributed by atoms with Gasteiger partial charge in [-0.25, -0.2) is 4.99 Å². The van der Waals surface area contributed by atoms with E-state index in [0.29, 0.717) is 12.0 Å². The molecule has 3 rings (SSSR count). The number of nitrogens with one attached hydrogen (secondary N) is 2. The number of rotatable bonds is 7. The van der Waals surface area contributed by atoms with Crippen LogP contribution in [0.25, 0.3) is 0 Å². The molecule has 32 heavy (non-hydrogen) atoms. The van der Waals surface area contributed by atoms with E-state index in [4.69, 9.17) is 4.74 Å². The van der Waals surface area contributed by atoms with Crippen LogP contribution in [0.3, 0.4) is 0 Å². The molecule has 2 aliphatic rings. The number of carbonyl (C=O) groups excluding carboxylic acids is 1. The largest absolute Gasteiger partial charge is 0.379 e. The quantitative estimate of drug-likeness (QED) is 0.296. The van der Waals surface area contributed by atoms with Gasteiger partial charge in [-0.05, 0) is 37.8 Å². The maximum absolute atomic E-state index is 12.2. The molecule has 1 aromatic heterocycles. The van der Waals surface area contributed by atoms with Crippen LogP contribution in [-0.2, 0) is 9.53 Å². The van der Waals surface area contributed by atoms with E-state index >= 15 is 0 Å². The molecule has 0 aromatic carbocycles. The molecule has 0 radical (unpaired) electrons. The van der Waals surface area contributed by atoms with Crippen molar-refractivity contribution >= 4 is 47.2 Å². The van der Waals surface area contributed by atoms with E-state index in [1.165, 1.54) is 29.0 Å². The molecule has 3 unspecified atom stereocenters. The molecular formula is C23H40IN5O2S. The first-order valence-corrected chi connectivity index (χ1v) is 12.4. The zero-order valence-corrected chi connectivity index (χ0v) is 23.1. The first-order chi connectivity index (χ1) is 14.9. The number of nitrogens with zero attached hydrogens (tertiary/aromatic N) is 3. The van der Waals surface area contributed by atoms with Crippen LogP contribution in [0.1, 0.15) is 48.4 Å². The number of morpholine rings is 1. The van der Waals surface area contributed by atoms with E-state index in [1.54, 1.807) is 19.0 Å². The number of hydrogen-bond acceptors (Lipinski definition) is 5. The summed E-state index contributed by atoms with van der Waals surface area (Å²) in [4.78, 5) is 23.6. The van der Waals surface area contributed by atoms with Crippen molar-refractivity contribution in [2.75, 3.05) is 53.5 Å². The summed E-state index contributed by atoms with van der Waals surface area (Å²) in [6, 6.07) is 5.11. The lowest BCUT2D eigenvalue weighted by Gasteiger charge is -2.35. The summed E-state index contributed by atoms with van der Waals surface area (Å²) in [6.45, 7) is 8.79. The molecule has 182 valence electrons. The first-order valence-electron chi connectivity index (χ1n) is 11.6. The molecule has 9 heteroatoms. The standard InChI is InChI=1S/C23H39N5O2S.HI/c1-17-7-5-6-8-19(17)26-23(25-16-22(29)27(3)4)24-15-20(21-10-9-18(2)31-21)28-11-13-30-14-12-28;/h9-10,17,19-20H,5-8,11-16H2,1-4H3,(H2,24,25,26);1H. The second-order valence-corrected chi connectivity index (χ2v) is 10.3. The Kier molecular flexibility index (Phi) is 11.7. The molecule has 1 amide bonds. The number of likely N-dealkylation sites (N-methyl/N-ethyl adjacent to an activating group) is 1. The van der Waals surface area contributed by atoms with Crippen LogP contribution < -0.4 is 10.6 Å². The SMILES string of the molecule is Cc1ccc(C(CNC(=NCC(=O)N(C)C)NC2CCCCC2C)N2CCOCC2)s1.I. The first kappa shape index (κ1) is 27.3. The lowest BCUT2D eigenvalue weighted by atomic mass is 9.86. The third kappa shape index (κ3) is 8.14. The van der Waals surface area contributed by atoms with Gasteiger partial charge >= 0.3 is 0 Å². The zero-order chi connectivity index (χ0) is 22.2. The number of aliphatic imine (C=N–C) groups is 1. The summed E-state index contributed by atoms with van der Waals surface area (Å²) in [5.41, 5.74) is 0. The maximum atomic E-state index is 12.2. The van der Waals surface area contributed by atoms with Crippen LogP contribution in [0.4, 0.5) is 0 Å². The summed E-state index contributed by atoms with van der Waals surface area (Å²) in [5.74, 6) is 1.37. The molecular weight excluding hydrogens is 537 g/mol. The van der Waals surface area contributed by atoms with Crippen molar-refractivity contribution in [3.63, 3.8) is 0 Å². The van der Waals surface area contributed by atoms with Crippen LogP contribution >= 0.6 is 35.3 Å². The highest BCUT2D eigenvalue weighted by atomic mass is 127. The molecule has 1 saturated carbocycles. The van der Waals surface area contributed by atoms with E-state index in [0.717, 1.165) is 45.2 Å². The highest BCUT2D eigenvalue weighted by Gasteiger charge is 2.26. The summed E-state index contributed by atoms with van der Waals surface area (Å²) in [6.07, 6.45) is 4.94. The third-order valence-electron chi connectivity index (χ3n) is 6.34. The summed E-state index contributed by atoms with van der Waals surface area (Å²) in [7, 11) is 3.55. The fourth-order valence-corrected chi connectivity index (χ4v) is 5.28. The van der Waals surface area contributed by atoms with Gasteiger partial charge in [-0.3, -0.25) is 9.69 Å². The topological polar surface area (TPSA) is 69.2 Å². The number of hydrogen-bond donors (Lipinski definition) is 2. The van der Waals surface area contributed by atoms with Gasteiger partial charge in [0, 0.05) is 49.5 Å². The van der Waals surface area contributed by atoms with Crippen LogP contribution in [0.15, 0.2) is 17.1 Å². The van der Waals surface area contributed by atoms with Crippen LogP contribution in [0.5, 0.6) is 0 Å². The average Bonchev–Trinajstić information content (AvgIpc) is 3.19. The monoisotopic (exact) mass is 577 g/mol. The number of ether oxygens (including phenoxy) is 1. The van der Waals surface area contributed by atoms with E-state index in [-0.39, 0.29) is 42.5 Å². The maximum Gasteiger partial charge on any atom is 0.243 e. The molecule has 2 heterocycles. The fourth-order valence-electron chi connectivity index (χ4n) is 4.27. The van der Waals surface area contributed by atoms with Crippen molar-refractivity contribution in [1.82, 2.24) is 20.4 Å². The Labute approximate surface area is 214 Å². The van der Waals surface area contributed by atoms with E-state index in [2.05, 4.69) is 46.5 Å². The molecule has 2 fully saturated rings. The van der Waals surface area contributed by atoms with E-state index < -0.39 is 0 Å². The molecule has 0 spiro atoms. The highest BCUT2D eigenvalue weighted by Crippen LogP contribution is 2.28. The number of guanidine groups is 1. The summed E-state index contributed by atoms with van der Waals surface area (Å²) >= 11 is 1.86. The van der Waals surface area contributed by atoms with Crippen LogP contribution in [-0.4, -0.2) is 81.2 Å². The molecule has 2 N–H and O–H groups in total. The Morgan fingerprint density at radius 1 is 1.28 bits per heavy atom. The number of amides is 1. The molecule has 1 saturated heterocycles. The molecule has 7 nitrogen and oxygen atoms in total. The lowest BCUT2D eigenvalue weighted by molar-refractivity contribution is -0.127. The Morgan fingerprint density at radius 2 is 2.00 bits per heavy atom. The molecule has 1 aromatic rings. The van der Waals surface area contributed by atoms with Gasteiger partial charge in [-0.1, -0.05) is 19.8 Å². The molecule has 1 aliphatic heterocycles. The number of thiophene rings is 1. The minimum Gasteiger partial charge on any atom is -0.379 e. The van der Waals surface area contributed by atoms with Crippen LogP contribution in [0, 0.1) is 12.8 Å². The number of halogens is 1. The highest BCUT2D eigenvalue weighted by molar-refractivity contribution is 14.0. The van der Waals surface area contributed by atoms with Gasteiger partial charge in [0.2, 0.25) is 5.91 Å². The van der Waals surface area contributed by atoms with Gasteiger partial charge in [-0.2, -0.15) is 0 Å². The second-order valence-electron chi connectivity index (χ2n) is 8.96. The van der Waals surface area contributed by atoms with E-state index in [1.807, 2.05) is 11.3 Å². The number of aryl methyl sites for hydroxylation is 1. The minimum absolute atomic E-state index is 0. The predicted octanol–water partition coefficient (Wildman–Crippen LogP) is 3.25. The van der Waals surface area contributed by atoms with Crippen molar-refractivity contribution in [2.24, 2.45) is 10.9 Å². The van der Waals surface area contributed by atoms with Gasteiger partial charge in [-0.15, -0.1) is 35.3 Å². The van der Waals surface area contributed by atoms with Gasteiger partial charge in [0.25, 0.3) is 0 Å². The molecule has 1 aliphatic carbocycles. The Hall–Kier alpha value is -0.910. The Balaban J connectivity index is 0.00000363. The van der Waals surface area contributed by atoms with E-state index in [9.17, 15) is 4.79 Å². The number of carbonyl (C=O) groups is 1. The van der Waals surface area contributed by atoms with Gasteiger partial charge in [0.1, 0.15) is 6.54 Å². The Morgan fingerprint density at radius 3 is 2.62 bits per heavy atom. The lowest BCUT2D eigenvalue weighted by Crippen LogP contribution is -2.50. The average molecular weight is 578 g/mol. The predicted molar refractivity (Wildman–Crippen MR) is 143 cm³/mol. The minimum atomic E-state index is 0. The molecule has 0 bridgehead atoms.